The zero-order valence-corrected chi connectivity index (χ0v) is 38.8. The fourth-order valence-corrected chi connectivity index (χ4v) is 8.15. The number of esters is 4. The van der Waals surface area contributed by atoms with Crippen molar-refractivity contribution in [3.63, 3.8) is 0 Å². The molecular weight excluding hydrogens is 803 g/mol. The molecule has 3 aliphatic rings. The molecule has 0 bridgehead atoms. The van der Waals surface area contributed by atoms with Gasteiger partial charge >= 0.3 is 23.9 Å². The number of likely N-dealkylation sites (tertiary alicyclic amines) is 1. The van der Waals surface area contributed by atoms with Crippen LogP contribution in [0.1, 0.15) is 111 Å². The smallest absolute Gasteiger partial charge is 0.339 e. The summed E-state index contributed by atoms with van der Waals surface area (Å²) in [5, 5.41) is 0. The fourth-order valence-electron chi connectivity index (χ4n) is 8.15. The van der Waals surface area contributed by atoms with E-state index in [1.807, 2.05) is 66.7 Å². The summed E-state index contributed by atoms with van der Waals surface area (Å²) in [5.74, 6) is -1.82. The van der Waals surface area contributed by atoms with E-state index in [0.29, 0.717) is 35.4 Å². The summed E-state index contributed by atoms with van der Waals surface area (Å²) < 4.78 is 44.8. The first kappa shape index (κ1) is 47.5. The van der Waals surface area contributed by atoms with Crippen LogP contribution in [0.2, 0.25) is 0 Å². The molecule has 2 heterocycles. The van der Waals surface area contributed by atoms with Crippen molar-refractivity contribution in [2.24, 2.45) is 22.2 Å². The van der Waals surface area contributed by atoms with E-state index in [1.165, 1.54) is 0 Å². The first-order chi connectivity index (χ1) is 29.7. The first-order valence-corrected chi connectivity index (χ1v) is 22.5. The van der Waals surface area contributed by atoms with Gasteiger partial charge in [-0.1, -0.05) is 73.7 Å². The number of benzene rings is 3. The standard InChI is InChI=1S/C51H67NO11/c1-11-26-52-27-18-23-35-28-36-34(29-37(35)52)24-25-38(57-30-32-19-14-12-15-20-32)39(36)59-45-43(63-48(56)51(8,9)10)41(62-47(55)50(5,6)7)40(61-46(54)49(2,3)4)42(60-45)44(53)58-31-33-21-16-13-17-22-33/h12-17,19-22,24-25,35,37,40-43,45H,11,18,23,26-31H2,1-10H3/t35-,37-,40+,41+,42-,43-,45-/m1/s1. The van der Waals surface area contributed by atoms with E-state index in [9.17, 15) is 19.2 Å². The van der Waals surface area contributed by atoms with Crippen molar-refractivity contribution in [3.8, 4) is 11.5 Å². The summed E-state index contributed by atoms with van der Waals surface area (Å²) in [6.45, 7) is 19.5. The van der Waals surface area contributed by atoms with E-state index in [1.54, 1.807) is 62.3 Å². The van der Waals surface area contributed by atoms with Gasteiger partial charge in [0.2, 0.25) is 12.4 Å². The predicted molar refractivity (Wildman–Crippen MR) is 237 cm³/mol. The van der Waals surface area contributed by atoms with Crippen LogP contribution >= 0.6 is 0 Å². The van der Waals surface area contributed by atoms with Crippen LogP contribution in [0.5, 0.6) is 11.5 Å². The van der Waals surface area contributed by atoms with Gasteiger partial charge < -0.3 is 33.2 Å². The molecule has 0 amide bonds. The van der Waals surface area contributed by atoms with Gasteiger partial charge in [-0.2, -0.15) is 0 Å². The Bertz CT molecular complexity index is 2050. The third kappa shape index (κ3) is 11.8. The van der Waals surface area contributed by atoms with Crippen molar-refractivity contribution >= 4 is 23.9 Å². The van der Waals surface area contributed by atoms with Gasteiger partial charge in [-0.3, -0.25) is 19.3 Å². The third-order valence-corrected chi connectivity index (χ3v) is 11.7. The molecule has 0 aromatic heterocycles. The zero-order chi connectivity index (χ0) is 45.7. The van der Waals surface area contributed by atoms with E-state index in [2.05, 4.69) is 17.9 Å². The minimum atomic E-state index is -1.69. The van der Waals surface area contributed by atoms with Crippen LogP contribution < -0.4 is 9.47 Å². The molecule has 0 saturated carbocycles. The SMILES string of the molecule is CCCN1CCC[C@@H]2Cc3c(ccc(OCc4ccccc4)c3O[C@@H]3O[C@@H](C(=O)OCc4ccccc4)[C@@H](OC(=O)C(C)(C)C)[C@H](OC(=O)C(C)(C)C)[C@H]3OC(=O)C(C)(C)C)C[C@H]21. The van der Waals surface area contributed by atoms with E-state index >= 15 is 0 Å². The molecule has 0 spiro atoms. The molecule has 3 aromatic carbocycles. The first-order valence-electron chi connectivity index (χ1n) is 22.5. The Kier molecular flexibility index (Phi) is 15.0. The number of piperidine rings is 1. The summed E-state index contributed by atoms with van der Waals surface area (Å²) in [6.07, 6.45) is -3.33. The lowest BCUT2D eigenvalue weighted by molar-refractivity contribution is -0.288. The Hall–Kier alpha value is -4.94. The lowest BCUT2D eigenvalue weighted by Gasteiger charge is -2.46. The second-order valence-corrected chi connectivity index (χ2v) is 20.2. The lowest BCUT2D eigenvalue weighted by Crippen LogP contribution is -2.65. The number of hydrogen-bond acceptors (Lipinski definition) is 12. The van der Waals surface area contributed by atoms with Crippen LogP contribution in [0.25, 0.3) is 0 Å². The molecule has 2 fully saturated rings. The highest BCUT2D eigenvalue weighted by Crippen LogP contribution is 2.45. The number of carbonyl (C=O) groups is 4. The molecule has 2 aliphatic heterocycles. The predicted octanol–water partition coefficient (Wildman–Crippen LogP) is 8.58. The number of carbonyl (C=O) groups excluding carboxylic acids is 4. The number of rotatable bonds is 13. The highest BCUT2D eigenvalue weighted by atomic mass is 16.7. The molecule has 7 atom stereocenters. The maximum Gasteiger partial charge on any atom is 0.339 e. The molecular formula is C51H67NO11. The van der Waals surface area contributed by atoms with Crippen LogP contribution in [0.3, 0.4) is 0 Å². The Balaban J connectivity index is 1.49. The van der Waals surface area contributed by atoms with Gasteiger partial charge in [-0.25, -0.2) is 4.79 Å². The highest BCUT2D eigenvalue weighted by Gasteiger charge is 2.58. The van der Waals surface area contributed by atoms with Gasteiger partial charge in [0.15, 0.2) is 29.8 Å². The Morgan fingerprint density at radius 2 is 1.24 bits per heavy atom. The second kappa shape index (κ2) is 19.8. The molecule has 12 heteroatoms. The zero-order valence-electron chi connectivity index (χ0n) is 38.8. The summed E-state index contributed by atoms with van der Waals surface area (Å²) in [4.78, 5) is 58.9. The van der Waals surface area contributed by atoms with Crippen molar-refractivity contribution < 1.29 is 52.3 Å². The molecule has 342 valence electrons. The summed E-state index contributed by atoms with van der Waals surface area (Å²) in [6, 6.07) is 23.2. The van der Waals surface area contributed by atoms with Gasteiger partial charge in [0.1, 0.15) is 13.2 Å². The van der Waals surface area contributed by atoms with Gasteiger partial charge in [0.05, 0.1) is 16.2 Å². The van der Waals surface area contributed by atoms with Crippen molar-refractivity contribution in [2.75, 3.05) is 13.1 Å². The van der Waals surface area contributed by atoms with E-state index < -0.39 is 70.8 Å². The van der Waals surface area contributed by atoms with Gasteiger partial charge in [0.25, 0.3) is 0 Å². The van der Waals surface area contributed by atoms with Crippen LogP contribution in [0, 0.1) is 22.2 Å². The molecule has 12 nitrogen and oxygen atoms in total. The molecule has 1 aliphatic carbocycles. The Labute approximate surface area is 373 Å². The Morgan fingerprint density at radius 3 is 1.81 bits per heavy atom. The molecule has 0 radical (unpaired) electrons. The minimum Gasteiger partial charge on any atom is -0.485 e. The molecule has 2 saturated heterocycles. The monoisotopic (exact) mass is 869 g/mol. The Morgan fingerprint density at radius 1 is 0.683 bits per heavy atom. The molecule has 3 aromatic rings. The van der Waals surface area contributed by atoms with Crippen LogP contribution in [0.15, 0.2) is 72.8 Å². The molecule has 0 unspecified atom stereocenters. The lowest BCUT2D eigenvalue weighted by atomic mass is 9.75. The van der Waals surface area contributed by atoms with Gasteiger partial charge in [-0.15, -0.1) is 0 Å². The van der Waals surface area contributed by atoms with Crippen LogP contribution in [0.4, 0.5) is 0 Å². The fraction of sp³-hybridized carbons (Fsp3) is 0.569. The normalized spacial score (nSPS) is 23.9. The van der Waals surface area contributed by atoms with E-state index in [-0.39, 0.29) is 13.2 Å². The summed E-state index contributed by atoms with van der Waals surface area (Å²) in [5.41, 5.74) is 0.508. The quantitative estimate of drug-likeness (QED) is 0.120. The number of hydrogen-bond donors (Lipinski definition) is 0. The third-order valence-electron chi connectivity index (χ3n) is 11.7. The average molecular weight is 870 g/mol. The maximum atomic E-state index is 14.5. The summed E-state index contributed by atoms with van der Waals surface area (Å²) >= 11 is 0. The maximum absolute atomic E-state index is 14.5. The summed E-state index contributed by atoms with van der Waals surface area (Å²) in [7, 11) is 0. The van der Waals surface area contributed by atoms with Crippen molar-refractivity contribution in [1.29, 1.82) is 0 Å². The second-order valence-electron chi connectivity index (χ2n) is 20.2. The van der Waals surface area contributed by atoms with Crippen LogP contribution in [-0.2, 0) is 68.9 Å². The molecule has 6 rings (SSSR count). The van der Waals surface area contributed by atoms with Gasteiger partial charge in [-0.05, 0) is 136 Å². The van der Waals surface area contributed by atoms with Crippen molar-refractivity contribution in [3.05, 3.63) is 95.1 Å². The highest BCUT2D eigenvalue weighted by molar-refractivity contribution is 5.80. The van der Waals surface area contributed by atoms with Crippen LogP contribution in [-0.4, -0.2) is 78.6 Å². The number of fused-ring (bicyclic) bond motifs is 2. The van der Waals surface area contributed by atoms with Crippen molar-refractivity contribution in [2.45, 2.75) is 151 Å². The number of ether oxygens (including phenoxy) is 7. The largest absolute Gasteiger partial charge is 0.485 e. The van der Waals surface area contributed by atoms with E-state index in [0.717, 1.165) is 55.5 Å². The van der Waals surface area contributed by atoms with Gasteiger partial charge in [0, 0.05) is 11.6 Å². The molecule has 0 N–H and O–H groups in total. The minimum absolute atomic E-state index is 0.124. The topological polar surface area (TPSA) is 136 Å². The van der Waals surface area contributed by atoms with Crippen molar-refractivity contribution in [1.82, 2.24) is 4.90 Å². The van der Waals surface area contributed by atoms with E-state index in [4.69, 9.17) is 33.2 Å². The average Bonchev–Trinajstić information content (AvgIpc) is 3.23. The molecule has 63 heavy (non-hydrogen) atoms. The number of nitrogens with zero attached hydrogens (tertiary/aromatic N) is 1.